The Hall–Kier alpha value is -0.930. The molecule has 19 heavy (non-hydrogen) atoms. The Morgan fingerprint density at radius 3 is 3.11 bits per heavy atom. The fourth-order valence-corrected chi connectivity index (χ4v) is 3.96. The van der Waals surface area contributed by atoms with Gasteiger partial charge in [-0.1, -0.05) is 11.6 Å². The third kappa shape index (κ3) is 3.15. The average Bonchev–Trinajstić information content (AvgIpc) is 2.92. The number of hydrogen-bond donors (Lipinski definition) is 1. The molecule has 0 saturated heterocycles. The minimum absolute atomic E-state index is 0.429. The van der Waals surface area contributed by atoms with E-state index in [-0.39, 0.29) is 0 Å². The van der Waals surface area contributed by atoms with Crippen LogP contribution in [-0.4, -0.2) is 18.4 Å². The van der Waals surface area contributed by atoms with Crippen LogP contribution in [0.5, 0.6) is 0 Å². The standard InChI is InChI=1S/C16H21NOS/c18-16-5-1-3-12-11-13(6-7-15(12)16)17-9-8-14-4-2-10-19-14/h2,4,10,13,17H,1,3,5-9,11H2/t13-/m0/s1. The predicted octanol–water partition coefficient (Wildman–Crippen LogP) is 3.48. The molecule has 0 spiro atoms. The van der Waals surface area contributed by atoms with Gasteiger partial charge in [-0.05, 0) is 55.5 Å². The molecule has 2 aliphatic carbocycles. The minimum Gasteiger partial charge on any atom is -0.313 e. The van der Waals surface area contributed by atoms with Crippen LogP contribution in [0.1, 0.15) is 43.4 Å². The van der Waals surface area contributed by atoms with Crippen molar-refractivity contribution >= 4 is 17.1 Å². The first kappa shape index (κ1) is 13.1. The monoisotopic (exact) mass is 275 g/mol. The van der Waals surface area contributed by atoms with E-state index in [2.05, 4.69) is 22.8 Å². The maximum absolute atomic E-state index is 11.8. The maximum atomic E-state index is 11.8. The van der Waals surface area contributed by atoms with Crippen LogP contribution in [-0.2, 0) is 11.2 Å². The molecule has 1 atom stereocenters. The van der Waals surface area contributed by atoms with Gasteiger partial charge >= 0.3 is 0 Å². The number of nitrogens with one attached hydrogen (secondary N) is 1. The van der Waals surface area contributed by atoms with Crippen LogP contribution in [0.15, 0.2) is 28.7 Å². The van der Waals surface area contributed by atoms with Crippen LogP contribution in [0.4, 0.5) is 0 Å². The summed E-state index contributed by atoms with van der Waals surface area (Å²) < 4.78 is 0. The van der Waals surface area contributed by atoms with Gasteiger partial charge in [0, 0.05) is 23.9 Å². The highest BCUT2D eigenvalue weighted by atomic mass is 32.1. The summed E-state index contributed by atoms with van der Waals surface area (Å²) in [4.78, 5) is 13.3. The minimum atomic E-state index is 0.429. The van der Waals surface area contributed by atoms with Crippen LogP contribution in [0.2, 0.25) is 0 Å². The highest BCUT2D eigenvalue weighted by molar-refractivity contribution is 7.09. The first-order valence-corrected chi connectivity index (χ1v) is 8.21. The Kier molecular flexibility index (Phi) is 4.14. The molecule has 0 saturated carbocycles. The van der Waals surface area contributed by atoms with E-state index < -0.39 is 0 Å². The Balaban J connectivity index is 1.50. The van der Waals surface area contributed by atoms with Crippen molar-refractivity contribution in [3.05, 3.63) is 33.5 Å². The first-order valence-electron chi connectivity index (χ1n) is 7.33. The summed E-state index contributed by atoms with van der Waals surface area (Å²) in [5.41, 5.74) is 2.64. The molecule has 2 aliphatic rings. The Labute approximate surface area is 118 Å². The van der Waals surface area contributed by atoms with Gasteiger partial charge in [-0.2, -0.15) is 0 Å². The quantitative estimate of drug-likeness (QED) is 0.911. The molecule has 1 heterocycles. The second-order valence-corrected chi connectivity index (χ2v) is 6.61. The van der Waals surface area contributed by atoms with Gasteiger partial charge in [0.1, 0.15) is 0 Å². The lowest BCUT2D eigenvalue weighted by atomic mass is 9.79. The zero-order valence-electron chi connectivity index (χ0n) is 11.3. The number of thiophene rings is 1. The highest BCUT2D eigenvalue weighted by Gasteiger charge is 2.26. The number of allylic oxidation sites excluding steroid dienone is 1. The Bertz CT molecular complexity index is 475. The smallest absolute Gasteiger partial charge is 0.158 e. The summed E-state index contributed by atoms with van der Waals surface area (Å²) in [5.74, 6) is 0.429. The van der Waals surface area contributed by atoms with E-state index in [0.29, 0.717) is 11.8 Å². The summed E-state index contributed by atoms with van der Waals surface area (Å²) in [7, 11) is 0. The van der Waals surface area contributed by atoms with Crippen molar-refractivity contribution in [3.8, 4) is 0 Å². The number of ketones is 1. The molecule has 0 bridgehead atoms. The topological polar surface area (TPSA) is 29.1 Å². The molecule has 3 rings (SSSR count). The zero-order valence-corrected chi connectivity index (χ0v) is 12.1. The van der Waals surface area contributed by atoms with E-state index in [1.165, 1.54) is 16.0 Å². The largest absolute Gasteiger partial charge is 0.313 e. The van der Waals surface area contributed by atoms with E-state index in [1.54, 1.807) is 0 Å². The number of Topliss-reactive ketones (excluding diaryl/α,β-unsaturated/α-hetero) is 1. The van der Waals surface area contributed by atoms with Gasteiger partial charge in [0.25, 0.3) is 0 Å². The molecular weight excluding hydrogens is 254 g/mol. The summed E-state index contributed by atoms with van der Waals surface area (Å²) in [5, 5.41) is 5.81. The van der Waals surface area contributed by atoms with E-state index >= 15 is 0 Å². The van der Waals surface area contributed by atoms with Crippen LogP contribution in [0.3, 0.4) is 0 Å². The van der Waals surface area contributed by atoms with Gasteiger partial charge in [0.15, 0.2) is 5.78 Å². The molecule has 3 heteroatoms. The molecule has 0 radical (unpaired) electrons. The predicted molar refractivity (Wildman–Crippen MR) is 79.5 cm³/mol. The summed E-state index contributed by atoms with van der Waals surface area (Å²) in [6.45, 7) is 1.06. The van der Waals surface area contributed by atoms with Crippen molar-refractivity contribution < 1.29 is 4.79 Å². The van der Waals surface area contributed by atoms with Crippen molar-refractivity contribution in [2.45, 2.75) is 51.0 Å². The maximum Gasteiger partial charge on any atom is 0.158 e. The molecule has 0 aromatic carbocycles. The first-order chi connectivity index (χ1) is 9.33. The normalized spacial score (nSPS) is 23.6. The van der Waals surface area contributed by atoms with E-state index in [0.717, 1.165) is 51.5 Å². The fraction of sp³-hybridized carbons (Fsp3) is 0.562. The van der Waals surface area contributed by atoms with E-state index in [1.807, 2.05) is 11.3 Å². The lowest BCUT2D eigenvalue weighted by molar-refractivity contribution is -0.116. The number of carbonyl (C=O) groups excluding carboxylic acids is 1. The molecule has 0 amide bonds. The van der Waals surface area contributed by atoms with E-state index in [4.69, 9.17) is 0 Å². The van der Waals surface area contributed by atoms with Gasteiger partial charge in [-0.15, -0.1) is 11.3 Å². The second kappa shape index (κ2) is 6.02. The lowest BCUT2D eigenvalue weighted by Gasteiger charge is -2.30. The van der Waals surface area contributed by atoms with Crippen molar-refractivity contribution in [1.29, 1.82) is 0 Å². The van der Waals surface area contributed by atoms with Crippen LogP contribution in [0, 0.1) is 0 Å². The van der Waals surface area contributed by atoms with Crippen molar-refractivity contribution in [1.82, 2.24) is 5.32 Å². The lowest BCUT2D eigenvalue weighted by Crippen LogP contribution is -2.35. The number of rotatable bonds is 4. The Morgan fingerprint density at radius 2 is 2.26 bits per heavy atom. The fourth-order valence-electron chi connectivity index (χ4n) is 3.25. The molecule has 2 nitrogen and oxygen atoms in total. The molecular formula is C16H21NOS. The van der Waals surface area contributed by atoms with Crippen LogP contribution < -0.4 is 5.32 Å². The van der Waals surface area contributed by atoms with Crippen molar-refractivity contribution in [2.24, 2.45) is 0 Å². The molecule has 0 fully saturated rings. The molecule has 0 aliphatic heterocycles. The SMILES string of the molecule is O=C1CCCC2=C1CC[C@H](NCCc1cccs1)C2. The summed E-state index contributed by atoms with van der Waals surface area (Å²) >= 11 is 1.83. The van der Waals surface area contributed by atoms with Crippen molar-refractivity contribution in [3.63, 3.8) is 0 Å². The zero-order chi connectivity index (χ0) is 13.1. The van der Waals surface area contributed by atoms with Gasteiger partial charge in [-0.25, -0.2) is 0 Å². The highest BCUT2D eigenvalue weighted by Crippen LogP contribution is 2.33. The van der Waals surface area contributed by atoms with Crippen molar-refractivity contribution in [2.75, 3.05) is 6.54 Å². The molecule has 102 valence electrons. The van der Waals surface area contributed by atoms with Crippen LogP contribution >= 0.6 is 11.3 Å². The van der Waals surface area contributed by atoms with Gasteiger partial charge in [-0.3, -0.25) is 4.79 Å². The average molecular weight is 275 g/mol. The number of carbonyl (C=O) groups is 1. The molecule has 1 aromatic rings. The number of hydrogen-bond acceptors (Lipinski definition) is 3. The molecule has 1 aromatic heterocycles. The van der Waals surface area contributed by atoms with Crippen LogP contribution in [0.25, 0.3) is 0 Å². The molecule has 1 N–H and O–H groups in total. The Morgan fingerprint density at radius 1 is 1.32 bits per heavy atom. The van der Waals surface area contributed by atoms with Gasteiger partial charge in [0.2, 0.25) is 0 Å². The second-order valence-electron chi connectivity index (χ2n) is 5.58. The molecule has 0 unspecified atom stereocenters. The van der Waals surface area contributed by atoms with E-state index in [9.17, 15) is 4.79 Å². The van der Waals surface area contributed by atoms with Gasteiger partial charge in [0.05, 0.1) is 0 Å². The summed E-state index contributed by atoms with van der Waals surface area (Å²) in [6.07, 6.45) is 7.38. The third-order valence-corrected chi connectivity index (χ3v) is 5.20. The third-order valence-electron chi connectivity index (χ3n) is 4.27. The summed E-state index contributed by atoms with van der Waals surface area (Å²) in [6, 6.07) is 4.91. The van der Waals surface area contributed by atoms with Gasteiger partial charge < -0.3 is 5.32 Å².